The summed E-state index contributed by atoms with van der Waals surface area (Å²) in [5, 5.41) is 0.279. The van der Waals surface area contributed by atoms with Crippen molar-refractivity contribution in [1.82, 2.24) is 4.57 Å². The highest BCUT2D eigenvalue weighted by molar-refractivity contribution is 9.10. The number of hydrogen-bond donors (Lipinski definition) is 0. The third-order valence-electron chi connectivity index (χ3n) is 7.26. The molecule has 0 aliphatic carbocycles. The molecule has 0 N–H and O–H groups in total. The Bertz CT molecular complexity index is 2110. The molecule has 0 saturated carbocycles. The van der Waals surface area contributed by atoms with Gasteiger partial charge in [0, 0.05) is 0 Å². The second kappa shape index (κ2) is 15.8. The molecule has 2 heterocycles. The lowest BCUT2D eigenvalue weighted by Gasteiger charge is -2.25. The summed E-state index contributed by atoms with van der Waals surface area (Å²) in [5.74, 6) is -0.594. The summed E-state index contributed by atoms with van der Waals surface area (Å²) in [4.78, 5) is 44.2. The number of allylic oxidation sites excluding steroid dienone is 1. The fraction of sp³-hybridized carbons (Fsp3) is 0.257. The van der Waals surface area contributed by atoms with Crippen LogP contribution in [0.15, 0.2) is 80.1 Å². The van der Waals surface area contributed by atoms with Crippen LogP contribution in [0.3, 0.4) is 0 Å². The van der Waals surface area contributed by atoms with E-state index in [0.717, 1.165) is 11.3 Å². The topological polar surface area (TPSA) is 115 Å². The van der Waals surface area contributed by atoms with Crippen molar-refractivity contribution < 1.29 is 37.7 Å². The van der Waals surface area contributed by atoms with Crippen molar-refractivity contribution in [2.45, 2.75) is 33.4 Å². The molecule has 0 saturated heterocycles. The van der Waals surface area contributed by atoms with Crippen molar-refractivity contribution in [3.63, 3.8) is 0 Å². The smallest absolute Gasteiger partial charge is 0.343 e. The zero-order valence-electron chi connectivity index (χ0n) is 26.9. The summed E-state index contributed by atoms with van der Waals surface area (Å²) < 4.78 is 43.3. The molecule has 0 bridgehead atoms. The molecule has 14 heteroatoms. The quantitative estimate of drug-likeness (QED) is 0.164. The molecular weight excluding hydrogens is 743 g/mol. The van der Waals surface area contributed by atoms with Gasteiger partial charge in [0.15, 0.2) is 28.7 Å². The van der Waals surface area contributed by atoms with Crippen molar-refractivity contribution in [2.75, 3.05) is 26.9 Å². The second-order valence-electron chi connectivity index (χ2n) is 10.5. The van der Waals surface area contributed by atoms with Crippen molar-refractivity contribution >= 4 is 56.9 Å². The molecule has 4 aromatic rings. The first-order valence-corrected chi connectivity index (χ1v) is 17.1. The first kappa shape index (κ1) is 35.8. The predicted molar refractivity (Wildman–Crippen MR) is 185 cm³/mol. The number of methoxy groups -OCH3 is 1. The monoisotopic (exact) mass is 772 g/mol. The largest absolute Gasteiger partial charge is 0.490 e. The minimum absolute atomic E-state index is 0.0968. The van der Waals surface area contributed by atoms with Crippen molar-refractivity contribution in [3.8, 4) is 17.2 Å². The summed E-state index contributed by atoms with van der Waals surface area (Å²) in [5.41, 5.74) is 1.96. The number of aromatic nitrogens is 1. The minimum atomic E-state index is -0.916. The van der Waals surface area contributed by atoms with Gasteiger partial charge in [0.05, 0.1) is 51.7 Å². The molecule has 10 nitrogen and oxygen atoms in total. The lowest BCUT2D eigenvalue weighted by molar-refractivity contribution is -0.143. The molecule has 0 amide bonds. The van der Waals surface area contributed by atoms with Crippen LogP contribution in [0.4, 0.5) is 4.39 Å². The van der Waals surface area contributed by atoms with E-state index in [-0.39, 0.29) is 48.6 Å². The number of nitrogens with zero attached hydrogens (tertiary/aromatic N) is 2. The standard InChI is InChI=1S/C35H31BrClFN2O8S/c1-5-45-27-16-22(10-11-26(27)47-18-29(41)44-4)31-30(34(43)46-6-2)19(3)39-35-40(31)33(42)28(49-35)15-21-13-24(36)32(25(37)14-21)48-17-20-8-7-9-23(38)12-20/h7-16,31H,5-6,17-18H2,1-4H3/b28-15-/t31-/m0/s1. The van der Waals surface area contributed by atoms with Gasteiger partial charge in [0.2, 0.25) is 0 Å². The molecule has 1 aromatic heterocycles. The Balaban J connectivity index is 1.57. The maximum Gasteiger partial charge on any atom is 0.343 e. The third-order valence-corrected chi connectivity index (χ3v) is 9.12. The van der Waals surface area contributed by atoms with Crippen LogP contribution in [-0.2, 0) is 25.7 Å². The van der Waals surface area contributed by atoms with Crippen molar-refractivity contribution in [2.24, 2.45) is 4.99 Å². The zero-order chi connectivity index (χ0) is 35.2. The summed E-state index contributed by atoms with van der Waals surface area (Å²) in [6.45, 7) is 5.34. The molecule has 1 atom stereocenters. The van der Waals surface area contributed by atoms with E-state index >= 15 is 0 Å². The highest BCUT2D eigenvalue weighted by atomic mass is 79.9. The Hall–Kier alpha value is -4.46. The Morgan fingerprint density at radius 2 is 1.86 bits per heavy atom. The fourth-order valence-electron chi connectivity index (χ4n) is 5.12. The molecule has 49 heavy (non-hydrogen) atoms. The first-order valence-electron chi connectivity index (χ1n) is 15.1. The van der Waals surface area contributed by atoms with Gasteiger partial charge in [0.25, 0.3) is 5.56 Å². The second-order valence-corrected chi connectivity index (χ2v) is 12.8. The zero-order valence-corrected chi connectivity index (χ0v) is 30.0. The van der Waals surface area contributed by atoms with E-state index in [1.54, 1.807) is 69.3 Å². The van der Waals surface area contributed by atoms with Gasteiger partial charge in [-0.15, -0.1) is 0 Å². The number of carbonyl (C=O) groups is 2. The van der Waals surface area contributed by atoms with E-state index in [4.69, 9.17) is 30.5 Å². The number of carbonyl (C=O) groups excluding carboxylic acids is 2. The Kier molecular flexibility index (Phi) is 11.6. The molecule has 0 unspecified atom stereocenters. The van der Waals surface area contributed by atoms with Crippen LogP contribution in [0.5, 0.6) is 17.2 Å². The molecule has 0 radical (unpaired) electrons. The molecule has 0 fully saturated rings. The van der Waals surface area contributed by atoms with E-state index in [1.165, 1.54) is 23.8 Å². The number of esters is 2. The number of hydrogen-bond acceptors (Lipinski definition) is 10. The first-order chi connectivity index (χ1) is 23.5. The van der Waals surface area contributed by atoms with E-state index in [9.17, 15) is 18.8 Å². The van der Waals surface area contributed by atoms with Gasteiger partial charge in [-0.05, 0) is 95.9 Å². The summed E-state index contributed by atoms with van der Waals surface area (Å²) in [6, 6.07) is 13.5. The number of thiazole rings is 1. The highest BCUT2D eigenvalue weighted by Crippen LogP contribution is 2.37. The summed E-state index contributed by atoms with van der Waals surface area (Å²) in [6.07, 6.45) is 1.67. The van der Waals surface area contributed by atoms with Gasteiger partial charge in [0.1, 0.15) is 12.4 Å². The van der Waals surface area contributed by atoms with E-state index in [2.05, 4.69) is 25.7 Å². The average molecular weight is 774 g/mol. The van der Waals surface area contributed by atoms with Gasteiger partial charge in [-0.1, -0.05) is 41.1 Å². The van der Waals surface area contributed by atoms with E-state index in [0.29, 0.717) is 47.7 Å². The average Bonchev–Trinajstić information content (AvgIpc) is 3.36. The predicted octanol–water partition coefficient (Wildman–Crippen LogP) is 5.88. The highest BCUT2D eigenvalue weighted by Gasteiger charge is 2.34. The van der Waals surface area contributed by atoms with Gasteiger partial charge in [-0.25, -0.2) is 19.0 Å². The van der Waals surface area contributed by atoms with Crippen LogP contribution in [0.2, 0.25) is 5.02 Å². The normalized spacial score (nSPS) is 14.2. The van der Waals surface area contributed by atoms with Crippen LogP contribution in [0, 0.1) is 5.82 Å². The van der Waals surface area contributed by atoms with Crippen LogP contribution < -0.4 is 29.1 Å². The van der Waals surface area contributed by atoms with Gasteiger partial charge in [-0.3, -0.25) is 9.36 Å². The number of ether oxygens (including phenoxy) is 5. The van der Waals surface area contributed by atoms with Crippen LogP contribution in [0.1, 0.15) is 43.5 Å². The lowest BCUT2D eigenvalue weighted by atomic mass is 9.95. The summed E-state index contributed by atoms with van der Waals surface area (Å²) >= 11 is 11.2. The van der Waals surface area contributed by atoms with Crippen LogP contribution in [-0.4, -0.2) is 43.4 Å². The number of fused-ring (bicyclic) bond motifs is 1. The van der Waals surface area contributed by atoms with Crippen molar-refractivity contribution in [1.29, 1.82) is 0 Å². The Morgan fingerprint density at radius 3 is 2.55 bits per heavy atom. The summed E-state index contributed by atoms with van der Waals surface area (Å²) in [7, 11) is 1.26. The molecule has 5 rings (SSSR count). The lowest BCUT2D eigenvalue weighted by Crippen LogP contribution is -2.40. The maximum absolute atomic E-state index is 14.1. The maximum atomic E-state index is 14.1. The number of rotatable bonds is 12. The Labute approximate surface area is 298 Å². The Morgan fingerprint density at radius 1 is 1.06 bits per heavy atom. The van der Waals surface area contributed by atoms with E-state index < -0.39 is 23.5 Å². The van der Waals surface area contributed by atoms with E-state index in [1.807, 2.05) is 0 Å². The molecule has 0 spiro atoms. The fourth-order valence-corrected chi connectivity index (χ4v) is 7.15. The van der Waals surface area contributed by atoms with Crippen LogP contribution >= 0.6 is 38.9 Å². The molecular formula is C35H31BrClFN2O8S. The third kappa shape index (κ3) is 8.06. The van der Waals surface area contributed by atoms with Crippen molar-refractivity contribution in [3.05, 3.63) is 118 Å². The van der Waals surface area contributed by atoms with Gasteiger partial charge < -0.3 is 23.7 Å². The number of benzene rings is 3. The SMILES string of the molecule is CCOC(=O)C1=C(C)N=c2s/c(=C\c3cc(Cl)c(OCc4cccc(F)c4)c(Br)c3)c(=O)n2[C@H]1c1ccc(OCC(=O)OC)c(OCC)c1. The number of halogens is 3. The molecule has 256 valence electrons. The van der Waals surface area contributed by atoms with Gasteiger partial charge >= 0.3 is 11.9 Å². The molecule has 1 aliphatic rings. The van der Waals surface area contributed by atoms with Gasteiger partial charge in [-0.2, -0.15) is 0 Å². The molecule has 1 aliphatic heterocycles. The van der Waals surface area contributed by atoms with Crippen LogP contribution in [0.25, 0.3) is 6.08 Å². The minimum Gasteiger partial charge on any atom is -0.490 e. The molecule has 3 aromatic carbocycles.